The molecule has 0 aliphatic carbocycles. The van der Waals surface area contributed by atoms with Gasteiger partial charge in [-0.15, -0.1) is 24.8 Å². The van der Waals surface area contributed by atoms with Crippen molar-refractivity contribution in [3.05, 3.63) is 29.1 Å². The van der Waals surface area contributed by atoms with E-state index in [1.807, 2.05) is 30.9 Å². The zero-order valence-corrected chi connectivity index (χ0v) is 13.6. The highest BCUT2D eigenvalue weighted by molar-refractivity contribution is 5.95. The molecule has 1 saturated heterocycles. The number of carbonyl (C=O) groups excluding carboxylic acids is 1. The summed E-state index contributed by atoms with van der Waals surface area (Å²) in [6.45, 7) is 6.19. The van der Waals surface area contributed by atoms with E-state index in [2.05, 4.69) is 4.98 Å². The van der Waals surface area contributed by atoms with E-state index < -0.39 is 0 Å². The van der Waals surface area contributed by atoms with Crippen molar-refractivity contribution in [2.75, 3.05) is 19.6 Å². The molecule has 6 heteroatoms. The monoisotopic (exact) mass is 319 g/mol. The average molecular weight is 320 g/mol. The molecule has 1 amide bonds. The summed E-state index contributed by atoms with van der Waals surface area (Å²) in [6.07, 6.45) is 2.03. The number of piperidine rings is 1. The van der Waals surface area contributed by atoms with Crippen molar-refractivity contribution in [1.29, 1.82) is 0 Å². The summed E-state index contributed by atoms with van der Waals surface area (Å²) >= 11 is 0. The van der Waals surface area contributed by atoms with E-state index >= 15 is 0 Å². The van der Waals surface area contributed by atoms with Gasteiger partial charge >= 0.3 is 0 Å². The van der Waals surface area contributed by atoms with Crippen molar-refractivity contribution < 1.29 is 4.79 Å². The number of hydrogen-bond acceptors (Lipinski definition) is 3. The quantitative estimate of drug-likeness (QED) is 0.910. The van der Waals surface area contributed by atoms with Gasteiger partial charge in [-0.25, -0.2) is 0 Å². The number of nitrogens with zero attached hydrogens (tertiary/aromatic N) is 2. The number of rotatable bonds is 2. The summed E-state index contributed by atoms with van der Waals surface area (Å²) in [5, 5.41) is 0. The molecule has 2 heterocycles. The van der Waals surface area contributed by atoms with Gasteiger partial charge in [-0.2, -0.15) is 0 Å². The van der Waals surface area contributed by atoms with Gasteiger partial charge in [0.2, 0.25) is 0 Å². The number of amides is 1. The summed E-state index contributed by atoms with van der Waals surface area (Å²) < 4.78 is 0. The van der Waals surface area contributed by atoms with E-state index in [9.17, 15) is 4.79 Å². The number of pyridine rings is 1. The standard InChI is InChI=1S/C14H21N3O.2ClH/c1-10-3-4-13(11(2)16-10)14(18)17-7-5-12(9-15)6-8-17;;/h3-4,12H,5-9,15H2,1-2H3;2*1H. The van der Waals surface area contributed by atoms with Crippen LogP contribution in [0.25, 0.3) is 0 Å². The van der Waals surface area contributed by atoms with E-state index in [0.717, 1.165) is 49.4 Å². The van der Waals surface area contributed by atoms with Crippen molar-refractivity contribution in [3.8, 4) is 0 Å². The molecule has 20 heavy (non-hydrogen) atoms. The lowest BCUT2D eigenvalue weighted by atomic mass is 9.96. The van der Waals surface area contributed by atoms with Crippen LogP contribution in [0.4, 0.5) is 0 Å². The van der Waals surface area contributed by atoms with Crippen LogP contribution in [-0.2, 0) is 0 Å². The minimum Gasteiger partial charge on any atom is -0.339 e. The van der Waals surface area contributed by atoms with E-state index in [0.29, 0.717) is 5.92 Å². The van der Waals surface area contributed by atoms with Gasteiger partial charge in [0.15, 0.2) is 0 Å². The fourth-order valence-corrected chi connectivity index (χ4v) is 2.45. The van der Waals surface area contributed by atoms with Crippen LogP contribution in [-0.4, -0.2) is 35.4 Å². The number of carbonyl (C=O) groups is 1. The Hall–Kier alpha value is -0.840. The van der Waals surface area contributed by atoms with Gasteiger partial charge < -0.3 is 10.6 Å². The Bertz CT molecular complexity index is 446. The number of likely N-dealkylation sites (tertiary alicyclic amines) is 1. The van der Waals surface area contributed by atoms with Gasteiger partial charge in [0.25, 0.3) is 5.91 Å². The minimum atomic E-state index is 0. The Morgan fingerprint density at radius 3 is 2.40 bits per heavy atom. The second-order valence-electron chi connectivity index (χ2n) is 5.06. The third-order valence-corrected chi connectivity index (χ3v) is 3.69. The molecule has 1 aliphatic rings. The Kier molecular flexibility index (Phi) is 8.09. The number of halogens is 2. The van der Waals surface area contributed by atoms with Crippen molar-refractivity contribution in [1.82, 2.24) is 9.88 Å². The average Bonchev–Trinajstić information content (AvgIpc) is 2.38. The Labute approximate surface area is 132 Å². The smallest absolute Gasteiger partial charge is 0.255 e. The van der Waals surface area contributed by atoms with Gasteiger partial charge in [-0.3, -0.25) is 9.78 Å². The summed E-state index contributed by atoms with van der Waals surface area (Å²) in [5.74, 6) is 0.682. The van der Waals surface area contributed by atoms with E-state index in [1.54, 1.807) is 0 Å². The van der Waals surface area contributed by atoms with Gasteiger partial charge in [-0.05, 0) is 51.3 Å². The van der Waals surface area contributed by atoms with Gasteiger partial charge in [0.05, 0.1) is 11.3 Å². The van der Waals surface area contributed by atoms with Crippen LogP contribution in [0.2, 0.25) is 0 Å². The van der Waals surface area contributed by atoms with Gasteiger partial charge in [0.1, 0.15) is 0 Å². The largest absolute Gasteiger partial charge is 0.339 e. The molecular formula is C14H23Cl2N3O. The highest BCUT2D eigenvalue weighted by Gasteiger charge is 2.23. The van der Waals surface area contributed by atoms with Crippen molar-refractivity contribution in [3.63, 3.8) is 0 Å². The molecule has 0 atom stereocenters. The zero-order valence-electron chi connectivity index (χ0n) is 12.0. The van der Waals surface area contributed by atoms with Crippen molar-refractivity contribution >= 4 is 30.7 Å². The molecule has 0 aromatic carbocycles. The van der Waals surface area contributed by atoms with E-state index in [4.69, 9.17) is 5.73 Å². The maximum atomic E-state index is 12.4. The lowest BCUT2D eigenvalue weighted by molar-refractivity contribution is 0.0692. The predicted molar refractivity (Wildman–Crippen MR) is 85.9 cm³/mol. The van der Waals surface area contributed by atoms with Crippen LogP contribution in [0.15, 0.2) is 12.1 Å². The van der Waals surface area contributed by atoms with Crippen LogP contribution in [0.3, 0.4) is 0 Å². The molecule has 1 aromatic rings. The van der Waals surface area contributed by atoms with Crippen molar-refractivity contribution in [2.24, 2.45) is 11.7 Å². The normalized spacial score (nSPS) is 15.2. The summed E-state index contributed by atoms with van der Waals surface area (Å²) in [5.41, 5.74) is 8.16. The lowest BCUT2D eigenvalue weighted by Crippen LogP contribution is -2.40. The first-order chi connectivity index (χ1) is 8.61. The molecule has 1 aromatic heterocycles. The van der Waals surface area contributed by atoms with Crippen LogP contribution in [0.1, 0.15) is 34.6 Å². The fourth-order valence-electron chi connectivity index (χ4n) is 2.45. The molecule has 114 valence electrons. The minimum absolute atomic E-state index is 0. The first kappa shape index (κ1) is 19.2. The highest BCUT2D eigenvalue weighted by Crippen LogP contribution is 2.19. The van der Waals surface area contributed by atoms with Crippen LogP contribution in [0, 0.1) is 19.8 Å². The zero-order chi connectivity index (χ0) is 13.1. The number of aromatic nitrogens is 1. The third kappa shape index (κ3) is 4.33. The SMILES string of the molecule is Cc1ccc(C(=O)N2CCC(CN)CC2)c(C)n1.Cl.Cl. The molecule has 0 unspecified atom stereocenters. The lowest BCUT2D eigenvalue weighted by Gasteiger charge is -2.31. The second kappa shape index (κ2) is 8.45. The molecule has 2 N–H and O–H groups in total. The second-order valence-corrected chi connectivity index (χ2v) is 5.06. The van der Waals surface area contributed by atoms with Crippen molar-refractivity contribution in [2.45, 2.75) is 26.7 Å². The molecule has 0 bridgehead atoms. The van der Waals surface area contributed by atoms with E-state index in [-0.39, 0.29) is 30.7 Å². The topological polar surface area (TPSA) is 59.2 Å². The van der Waals surface area contributed by atoms with Gasteiger partial charge in [0, 0.05) is 18.8 Å². The molecule has 0 saturated carbocycles. The maximum absolute atomic E-state index is 12.4. The van der Waals surface area contributed by atoms with E-state index in [1.165, 1.54) is 0 Å². The highest BCUT2D eigenvalue weighted by atomic mass is 35.5. The molecule has 0 spiro atoms. The summed E-state index contributed by atoms with van der Waals surface area (Å²) in [6, 6.07) is 3.78. The Morgan fingerprint density at radius 1 is 1.30 bits per heavy atom. The van der Waals surface area contributed by atoms with Crippen LogP contribution < -0.4 is 5.73 Å². The maximum Gasteiger partial charge on any atom is 0.255 e. The molecule has 4 nitrogen and oxygen atoms in total. The fraction of sp³-hybridized carbons (Fsp3) is 0.571. The number of hydrogen-bond donors (Lipinski definition) is 1. The predicted octanol–water partition coefficient (Wildman–Crippen LogP) is 2.35. The molecule has 1 aliphatic heterocycles. The third-order valence-electron chi connectivity index (χ3n) is 3.69. The first-order valence-corrected chi connectivity index (χ1v) is 6.55. The molecule has 2 rings (SSSR count). The number of aryl methyl sites for hydroxylation is 2. The Balaban J connectivity index is 0.00000180. The van der Waals surface area contributed by atoms with Crippen LogP contribution in [0.5, 0.6) is 0 Å². The number of nitrogens with two attached hydrogens (primary N) is 1. The molecule has 0 radical (unpaired) electrons. The van der Waals surface area contributed by atoms with Gasteiger partial charge in [-0.1, -0.05) is 0 Å². The first-order valence-electron chi connectivity index (χ1n) is 6.55. The molecule has 1 fully saturated rings. The summed E-state index contributed by atoms with van der Waals surface area (Å²) in [4.78, 5) is 18.7. The molecular weight excluding hydrogens is 297 g/mol. The Morgan fingerprint density at radius 2 is 1.90 bits per heavy atom. The summed E-state index contributed by atoms with van der Waals surface area (Å²) in [7, 11) is 0. The van der Waals surface area contributed by atoms with Crippen LogP contribution >= 0.6 is 24.8 Å².